The van der Waals surface area contributed by atoms with Crippen molar-refractivity contribution in [1.82, 2.24) is 4.57 Å². The van der Waals surface area contributed by atoms with E-state index in [1.807, 2.05) is 12.1 Å². The Balaban J connectivity index is 2.16. The lowest BCUT2D eigenvalue weighted by atomic mass is 9.88. The van der Waals surface area contributed by atoms with Crippen LogP contribution in [0.4, 0.5) is 0 Å². The lowest BCUT2D eigenvalue weighted by Gasteiger charge is -2.22. The largest absolute Gasteiger partial charge is 0.497 e. The van der Waals surface area contributed by atoms with Crippen molar-refractivity contribution in [2.75, 3.05) is 19.9 Å². The van der Waals surface area contributed by atoms with Gasteiger partial charge in [-0.05, 0) is 55.3 Å². The molecule has 0 amide bonds. The molecule has 0 fully saturated rings. The van der Waals surface area contributed by atoms with Crippen LogP contribution in [0.15, 0.2) is 35.3 Å². The molecule has 0 saturated carbocycles. The number of aromatic nitrogens is 1. The van der Waals surface area contributed by atoms with Gasteiger partial charge < -0.3 is 9.30 Å². The number of hydrogen-bond acceptors (Lipinski definition) is 3. The lowest BCUT2D eigenvalue weighted by Crippen LogP contribution is -2.20. The standard InChI is InChI=1S/C19H24N2OS/c1-13-10-16-17(11-19(2,3)12-20-18(16)23-5)21(13)14-6-8-15(22-4)9-7-14/h6-10H,11-12H2,1-5H3. The van der Waals surface area contributed by atoms with E-state index in [0.717, 1.165) is 23.8 Å². The summed E-state index contributed by atoms with van der Waals surface area (Å²) in [7, 11) is 1.70. The van der Waals surface area contributed by atoms with Gasteiger partial charge in [-0.1, -0.05) is 13.8 Å². The third-order valence-electron chi connectivity index (χ3n) is 4.34. The van der Waals surface area contributed by atoms with E-state index in [4.69, 9.17) is 9.73 Å². The monoisotopic (exact) mass is 328 g/mol. The first-order valence-corrected chi connectivity index (χ1v) is 9.12. The molecule has 1 aromatic heterocycles. The van der Waals surface area contributed by atoms with Crippen LogP contribution in [0.2, 0.25) is 0 Å². The van der Waals surface area contributed by atoms with Crippen molar-refractivity contribution in [2.45, 2.75) is 27.2 Å². The molecule has 0 unspecified atom stereocenters. The normalized spacial score (nSPS) is 16.5. The highest BCUT2D eigenvalue weighted by molar-refractivity contribution is 8.13. The van der Waals surface area contributed by atoms with Crippen LogP contribution in [0.25, 0.3) is 5.69 Å². The molecule has 0 radical (unpaired) electrons. The molecule has 1 aromatic carbocycles. The predicted octanol–water partition coefficient (Wildman–Crippen LogP) is 4.49. The van der Waals surface area contributed by atoms with Crippen LogP contribution in [0.1, 0.15) is 30.8 Å². The fourth-order valence-electron chi connectivity index (χ4n) is 3.19. The summed E-state index contributed by atoms with van der Waals surface area (Å²) in [6.45, 7) is 7.64. The number of rotatable bonds is 2. The van der Waals surface area contributed by atoms with Crippen molar-refractivity contribution < 1.29 is 4.74 Å². The van der Waals surface area contributed by atoms with Gasteiger partial charge in [-0.3, -0.25) is 4.99 Å². The minimum Gasteiger partial charge on any atom is -0.497 e. The van der Waals surface area contributed by atoms with E-state index in [9.17, 15) is 0 Å². The van der Waals surface area contributed by atoms with Crippen molar-refractivity contribution in [3.8, 4) is 11.4 Å². The van der Waals surface area contributed by atoms with Gasteiger partial charge in [0.1, 0.15) is 5.75 Å². The fraction of sp³-hybridized carbons (Fsp3) is 0.421. The molecule has 1 aliphatic heterocycles. The van der Waals surface area contributed by atoms with Crippen LogP contribution in [-0.2, 0) is 6.42 Å². The minimum atomic E-state index is 0.168. The molecule has 3 nitrogen and oxygen atoms in total. The number of fused-ring (bicyclic) bond motifs is 1. The maximum Gasteiger partial charge on any atom is 0.119 e. The van der Waals surface area contributed by atoms with E-state index in [-0.39, 0.29) is 5.41 Å². The molecule has 2 aromatic rings. The van der Waals surface area contributed by atoms with Crippen molar-refractivity contribution in [3.63, 3.8) is 0 Å². The summed E-state index contributed by atoms with van der Waals surface area (Å²) in [5, 5.41) is 1.15. The van der Waals surface area contributed by atoms with Crippen molar-refractivity contribution in [1.29, 1.82) is 0 Å². The Morgan fingerprint density at radius 2 is 1.91 bits per heavy atom. The molecule has 0 saturated heterocycles. The first-order chi connectivity index (χ1) is 10.9. The molecule has 0 N–H and O–H groups in total. The van der Waals surface area contributed by atoms with Crippen LogP contribution < -0.4 is 4.74 Å². The van der Waals surface area contributed by atoms with Crippen LogP contribution in [-0.4, -0.2) is 29.5 Å². The third-order valence-corrected chi connectivity index (χ3v) is 5.07. The Morgan fingerprint density at radius 1 is 1.22 bits per heavy atom. The average Bonchev–Trinajstić information content (AvgIpc) is 2.77. The Labute approximate surface area is 142 Å². The fourth-order valence-corrected chi connectivity index (χ4v) is 3.79. The zero-order valence-corrected chi connectivity index (χ0v) is 15.3. The van der Waals surface area contributed by atoms with E-state index in [2.05, 4.69) is 49.8 Å². The summed E-state index contributed by atoms with van der Waals surface area (Å²) in [6, 6.07) is 10.6. The lowest BCUT2D eigenvalue weighted by molar-refractivity contribution is 0.374. The number of aryl methyl sites for hydroxylation is 1. The molecular weight excluding hydrogens is 304 g/mol. The highest BCUT2D eigenvalue weighted by Crippen LogP contribution is 2.34. The van der Waals surface area contributed by atoms with Crippen molar-refractivity contribution in [2.24, 2.45) is 10.4 Å². The topological polar surface area (TPSA) is 26.5 Å². The molecule has 4 heteroatoms. The van der Waals surface area contributed by atoms with Gasteiger partial charge in [-0.25, -0.2) is 0 Å². The molecule has 2 heterocycles. The molecule has 1 aliphatic rings. The number of methoxy groups -OCH3 is 1. The number of hydrogen-bond donors (Lipinski definition) is 0. The summed E-state index contributed by atoms with van der Waals surface area (Å²) in [6.07, 6.45) is 3.14. The van der Waals surface area contributed by atoms with Gasteiger partial charge in [0.2, 0.25) is 0 Å². The van der Waals surface area contributed by atoms with Crippen LogP contribution in [0.5, 0.6) is 5.75 Å². The molecule has 3 rings (SSSR count). The minimum absolute atomic E-state index is 0.168. The Morgan fingerprint density at radius 3 is 2.52 bits per heavy atom. The maximum atomic E-state index is 5.29. The Hall–Kier alpha value is -1.68. The van der Waals surface area contributed by atoms with Crippen LogP contribution >= 0.6 is 11.8 Å². The summed E-state index contributed by atoms with van der Waals surface area (Å²) in [4.78, 5) is 4.86. The van der Waals surface area contributed by atoms with E-state index < -0.39 is 0 Å². The van der Waals surface area contributed by atoms with Gasteiger partial charge in [0.05, 0.1) is 12.2 Å². The average molecular weight is 328 g/mol. The smallest absolute Gasteiger partial charge is 0.119 e. The highest BCUT2D eigenvalue weighted by Gasteiger charge is 2.28. The number of nitrogens with zero attached hydrogens (tertiary/aromatic N) is 2. The Kier molecular flexibility index (Phi) is 4.28. The number of benzene rings is 1. The second-order valence-electron chi connectivity index (χ2n) is 6.85. The molecule has 0 bridgehead atoms. The van der Waals surface area contributed by atoms with Gasteiger partial charge in [-0.15, -0.1) is 11.8 Å². The van der Waals surface area contributed by atoms with Gasteiger partial charge in [0.15, 0.2) is 0 Å². The summed E-state index contributed by atoms with van der Waals surface area (Å²) in [5.41, 5.74) is 5.25. The molecule has 0 spiro atoms. The van der Waals surface area contributed by atoms with E-state index in [1.54, 1.807) is 18.9 Å². The van der Waals surface area contributed by atoms with Crippen molar-refractivity contribution >= 4 is 16.8 Å². The quantitative estimate of drug-likeness (QED) is 0.812. The van der Waals surface area contributed by atoms with Gasteiger partial charge >= 0.3 is 0 Å². The number of aliphatic imine (C=N–C) groups is 1. The van der Waals surface area contributed by atoms with Crippen molar-refractivity contribution in [3.05, 3.63) is 47.3 Å². The molecule has 122 valence electrons. The van der Waals surface area contributed by atoms with Crippen LogP contribution in [0, 0.1) is 12.3 Å². The second kappa shape index (κ2) is 6.08. The molecule has 0 aliphatic carbocycles. The third kappa shape index (κ3) is 3.05. The summed E-state index contributed by atoms with van der Waals surface area (Å²) in [5.74, 6) is 0.886. The zero-order chi connectivity index (χ0) is 16.6. The number of thioether (sulfide) groups is 1. The second-order valence-corrected chi connectivity index (χ2v) is 7.64. The predicted molar refractivity (Wildman–Crippen MR) is 99.5 cm³/mol. The summed E-state index contributed by atoms with van der Waals surface area (Å²) >= 11 is 1.74. The molecule has 0 atom stereocenters. The molecule has 23 heavy (non-hydrogen) atoms. The summed E-state index contributed by atoms with van der Waals surface area (Å²) < 4.78 is 7.65. The maximum absolute atomic E-state index is 5.29. The van der Waals surface area contributed by atoms with Gasteiger partial charge in [0, 0.05) is 29.2 Å². The van der Waals surface area contributed by atoms with E-state index in [0.29, 0.717) is 0 Å². The zero-order valence-electron chi connectivity index (χ0n) is 14.5. The molecular formula is C19H24N2OS. The first-order valence-electron chi connectivity index (χ1n) is 7.89. The Bertz CT molecular complexity index is 741. The first kappa shape index (κ1) is 16.2. The SMILES string of the molecule is COc1ccc(-n2c(C)cc3c2CC(C)(C)CN=C3SC)cc1. The van der Waals surface area contributed by atoms with E-state index in [1.165, 1.54) is 22.6 Å². The number of ether oxygens (including phenoxy) is 1. The van der Waals surface area contributed by atoms with Gasteiger partial charge in [0.25, 0.3) is 0 Å². The van der Waals surface area contributed by atoms with Gasteiger partial charge in [-0.2, -0.15) is 0 Å². The van der Waals surface area contributed by atoms with E-state index >= 15 is 0 Å². The van der Waals surface area contributed by atoms with Crippen LogP contribution in [0.3, 0.4) is 0 Å². The highest BCUT2D eigenvalue weighted by atomic mass is 32.2.